The van der Waals surface area contributed by atoms with Crippen LogP contribution in [0.5, 0.6) is 0 Å². The zero-order valence-corrected chi connectivity index (χ0v) is 8.03. The molecule has 1 aromatic rings. The average Bonchev–Trinajstić information content (AvgIpc) is 2.89. The lowest BCUT2D eigenvalue weighted by Crippen LogP contribution is -2.20. The van der Waals surface area contributed by atoms with Gasteiger partial charge in [-0.3, -0.25) is 0 Å². The Bertz CT molecular complexity index is 292. The lowest BCUT2D eigenvalue weighted by atomic mass is 10.2. The van der Waals surface area contributed by atoms with E-state index in [1.165, 1.54) is 12.8 Å². The van der Waals surface area contributed by atoms with Crippen molar-refractivity contribution in [1.82, 2.24) is 0 Å². The molecule has 1 aromatic carbocycles. The van der Waals surface area contributed by atoms with Gasteiger partial charge in [0.25, 0.3) is 0 Å². The molecule has 1 saturated carbocycles. The molecule has 2 nitrogen and oxygen atoms in total. The molecule has 2 heteroatoms. The number of nitrogen functional groups attached to an aromatic ring is 1. The molecule has 0 saturated heterocycles. The summed E-state index contributed by atoms with van der Waals surface area (Å²) in [6.45, 7) is 1.15. The Morgan fingerprint density at radius 2 is 2.08 bits per heavy atom. The first-order valence-corrected chi connectivity index (χ1v) is 4.83. The number of hydrogen-bond acceptors (Lipinski definition) is 2. The first kappa shape index (κ1) is 8.42. The minimum Gasteiger partial charge on any atom is -0.397 e. The monoisotopic (exact) mass is 176 g/mol. The third-order valence-electron chi connectivity index (χ3n) is 2.58. The molecule has 0 aliphatic heterocycles. The van der Waals surface area contributed by atoms with Crippen molar-refractivity contribution in [1.29, 1.82) is 0 Å². The van der Waals surface area contributed by atoms with Crippen molar-refractivity contribution in [2.45, 2.75) is 12.8 Å². The van der Waals surface area contributed by atoms with E-state index in [2.05, 4.69) is 18.0 Å². The highest BCUT2D eigenvalue weighted by Crippen LogP contribution is 2.32. The van der Waals surface area contributed by atoms with Crippen molar-refractivity contribution in [2.24, 2.45) is 5.92 Å². The predicted octanol–water partition coefficient (Wildman–Crippen LogP) is 2.12. The lowest BCUT2D eigenvalue weighted by molar-refractivity contribution is 0.788. The topological polar surface area (TPSA) is 29.3 Å². The standard InChI is InChI=1S/C11H16N2/c1-13(8-9-6-7-9)11-5-3-2-4-10(11)12/h2-5,9H,6-8,12H2,1H3. The van der Waals surface area contributed by atoms with Crippen molar-refractivity contribution in [3.05, 3.63) is 24.3 Å². The molecule has 0 atom stereocenters. The van der Waals surface area contributed by atoms with Crippen LogP contribution in [0.4, 0.5) is 11.4 Å². The van der Waals surface area contributed by atoms with Gasteiger partial charge in [0.2, 0.25) is 0 Å². The van der Waals surface area contributed by atoms with Crippen LogP contribution in [-0.4, -0.2) is 13.6 Å². The summed E-state index contributed by atoms with van der Waals surface area (Å²) in [4.78, 5) is 2.26. The predicted molar refractivity (Wildman–Crippen MR) is 56.8 cm³/mol. The number of benzene rings is 1. The minimum atomic E-state index is 0.880. The molecular formula is C11H16N2. The summed E-state index contributed by atoms with van der Waals surface area (Å²) < 4.78 is 0. The van der Waals surface area contributed by atoms with Crippen molar-refractivity contribution < 1.29 is 0 Å². The van der Waals surface area contributed by atoms with Crippen molar-refractivity contribution in [2.75, 3.05) is 24.2 Å². The van der Waals surface area contributed by atoms with E-state index in [9.17, 15) is 0 Å². The molecule has 0 radical (unpaired) electrons. The molecule has 2 rings (SSSR count). The van der Waals surface area contributed by atoms with Gasteiger partial charge in [0.15, 0.2) is 0 Å². The average molecular weight is 176 g/mol. The molecule has 1 aliphatic carbocycles. The molecule has 70 valence electrons. The van der Waals surface area contributed by atoms with Gasteiger partial charge >= 0.3 is 0 Å². The van der Waals surface area contributed by atoms with Crippen molar-refractivity contribution in [3.8, 4) is 0 Å². The smallest absolute Gasteiger partial charge is 0.0597 e. The molecule has 0 aromatic heterocycles. The molecular weight excluding hydrogens is 160 g/mol. The largest absolute Gasteiger partial charge is 0.397 e. The Morgan fingerprint density at radius 1 is 1.38 bits per heavy atom. The van der Waals surface area contributed by atoms with Crippen LogP contribution in [0.25, 0.3) is 0 Å². The summed E-state index contributed by atoms with van der Waals surface area (Å²) >= 11 is 0. The lowest BCUT2D eigenvalue weighted by Gasteiger charge is -2.20. The molecule has 0 heterocycles. The second-order valence-electron chi connectivity index (χ2n) is 3.88. The van der Waals surface area contributed by atoms with Gasteiger partial charge in [0.1, 0.15) is 0 Å². The van der Waals surface area contributed by atoms with Crippen LogP contribution in [-0.2, 0) is 0 Å². The first-order chi connectivity index (χ1) is 6.27. The van der Waals surface area contributed by atoms with Crippen LogP contribution in [0.1, 0.15) is 12.8 Å². The van der Waals surface area contributed by atoms with Gasteiger partial charge in [-0.25, -0.2) is 0 Å². The van der Waals surface area contributed by atoms with Crippen LogP contribution >= 0.6 is 0 Å². The summed E-state index contributed by atoms with van der Waals surface area (Å²) in [5.74, 6) is 0.907. The number of anilines is 2. The highest BCUT2D eigenvalue weighted by molar-refractivity contribution is 5.66. The van der Waals surface area contributed by atoms with Gasteiger partial charge < -0.3 is 10.6 Å². The summed E-state index contributed by atoms with van der Waals surface area (Å²) in [5, 5.41) is 0. The molecule has 1 fully saturated rings. The fourth-order valence-electron chi connectivity index (χ4n) is 1.62. The molecule has 0 unspecified atom stereocenters. The first-order valence-electron chi connectivity index (χ1n) is 4.83. The van der Waals surface area contributed by atoms with E-state index in [1.54, 1.807) is 0 Å². The maximum Gasteiger partial charge on any atom is 0.0597 e. The van der Waals surface area contributed by atoms with E-state index < -0.39 is 0 Å². The second-order valence-corrected chi connectivity index (χ2v) is 3.88. The number of nitrogens with zero attached hydrogens (tertiary/aromatic N) is 1. The Balaban J connectivity index is 2.09. The maximum absolute atomic E-state index is 5.88. The highest BCUT2D eigenvalue weighted by atomic mass is 15.1. The van der Waals surface area contributed by atoms with Crippen LogP contribution < -0.4 is 10.6 Å². The van der Waals surface area contributed by atoms with Gasteiger partial charge in [-0.15, -0.1) is 0 Å². The summed E-state index contributed by atoms with van der Waals surface area (Å²) in [5.41, 5.74) is 7.92. The summed E-state index contributed by atoms with van der Waals surface area (Å²) in [6.07, 6.45) is 2.77. The van der Waals surface area contributed by atoms with Crippen LogP contribution in [0.3, 0.4) is 0 Å². The molecule has 0 spiro atoms. The second kappa shape index (κ2) is 3.29. The van der Waals surface area contributed by atoms with Crippen LogP contribution in [0, 0.1) is 5.92 Å². The maximum atomic E-state index is 5.88. The third-order valence-corrected chi connectivity index (χ3v) is 2.58. The Kier molecular flexibility index (Phi) is 2.13. The molecule has 2 N–H and O–H groups in total. The quantitative estimate of drug-likeness (QED) is 0.715. The van der Waals surface area contributed by atoms with Gasteiger partial charge in [-0.2, -0.15) is 0 Å². The highest BCUT2D eigenvalue weighted by Gasteiger charge is 2.23. The van der Waals surface area contributed by atoms with E-state index in [0.717, 1.165) is 23.8 Å². The molecule has 13 heavy (non-hydrogen) atoms. The van der Waals surface area contributed by atoms with E-state index in [4.69, 9.17) is 5.73 Å². The number of hydrogen-bond donors (Lipinski definition) is 1. The molecule has 0 amide bonds. The minimum absolute atomic E-state index is 0.880. The van der Waals surface area contributed by atoms with E-state index in [1.807, 2.05) is 18.2 Å². The number of para-hydroxylation sites is 2. The van der Waals surface area contributed by atoms with Gasteiger partial charge in [-0.1, -0.05) is 12.1 Å². The SMILES string of the molecule is CN(CC1CC1)c1ccccc1N. The Morgan fingerprint density at radius 3 is 2.69 bits per heavy atom. The van der Waals surface area contributed by atoms with Gasteiger partial charge in [-0.05, 0) is 30.9 Å². The van der Waals surface area contributed by atoms with Crippen molar-refractivity contribution >= 4 is 11.4 Å². The molecule has 0 bridgehead atoms. The Labute approximate surface area is 79.4 Å². The zero-order valence-electron chi connectivity index (χ0n) is 8.03. The zero-order chi connectivity index (χ0) is 9.26. The van der Waals surface area contributed by atoms with Crippen LogP contribution in [0.15, 0.2) is 24.3 Å². The third kappa shape index (κ3) is 1.94. The summed E-state index contributed by atoms with van der Waals surface area (Å²) in [6, 6.07) is 8.05. The van der Waals surface area contributed by atoms with Crippen LogP contribution in [0.2, 0.25) is 0 Å². The normalized spacial score (nSPS) is 15.8. The molecule has 1 aliphatic rings. The fourth-order valence-corrected chi connectivity index (χ4v) is 1.62. The summed E-state index contributed by atoms with van der Waals surface area (Å²) in [7, 11) is 2.12. The van der Waals surface area contributed by atoms with Gasteiger partial charge in [0, 0.05) is 13.6 Å². The van der Waals surface area contributed by atoms with E-state index in [0.29, 0.717) is 0 Å². The fraction of sp³-hybridized carbons (Fsp3) is 0.455. The number of rotatable bonds is 3. The Hall–Kier alpha value is -1.18. The van der Waals surface area contributed by atoms with Crippen molar-refractivity contribution in [3.63, 3.8) is 0 Å². The van der Waals surface area contributed by atoms with E-state index >= 15 is 0 Å². The van der Waals surface area contributed by atoms with E-state index in [-0.39, 0.29) is 0 Å². The number of nitrogens with two attached hydrogens (primary N) is 1. The van der Waals surface area contributed by atoms with Gasteiger partial charge in [0.05, 0.1) is 11.4 Å².